The molecule has 1 aromatic heterocycles. The molecule has 0 amide bonds. The molecule has 0 aliphatic rings. The molecule has 78 valence electrons. The predicted octanol–water partition coefficient (Wildman–Crippen LogP) is 1.71. The summed E-state index contributed by atoms with van der Waals surface area (Å²) in [4.78, 5) is 11.0. The third kappa shape index (κ3) is 3.47. The number of hydrogen-bond acceptors (Lipinski definition) is 4. The van der Waals surface area contributed by atoms with E-state index in [2.05, 4.69) is 23.0 Å². The van der Waals surface area contributed by atoms with Crippen LogP contribution in [-0.2, 0) is 16.1 Å². The van der Waals surface area contributed by atoms with Crippen LogP contribution in [0, 0.1) is 6.92 Å². The van der Waals surface area contributed by atoms with Gasteiger partial charge in [-0.1, -0.05) is 0 Å². The Morgan fingerprint density at radius 2 is 2.36 bits per heavy atom. The second kappa shape index (κ2) is 5.78. The van der Waals surface area contributed by atoms with E-state index in [9.17, 15) is 4.79 Å². The molecule has 0 fully saturated rings. The number of thiophene rings is 1. The second-order valence-electron chi connectivity index (χ2n) is 2.99. The average molecular weight is 213 g/mol. The molecule has 0 saturated carbocycles. The van der Waals surface area contributed by atoms with Crippen molar-refractivity contribution < 1.29 is 9.53 Å². The Bertz CT molecular complexity index is 296. The summed E-state index contributed by atoms with van der Waals surface area (Å²) in [6, 6.07) is 0. The third-order valence-electron chi connectivity index (χ3n) is 1.85. The Kier molecular flexibility index (Phi) is 4.62. The molecular formula is C10H15NO2S. The fourth-order valence-corrected chi connectivity index (χ4v) is 1.94. The third-order valence-corrected chi connectivity index (χ3v) is 2.76. The van der Waals surface area contributed by atoms with E-state index in [-0.39, 0.29) is 12.5 Å². The molecular weight excluding hydrogens is 198 g/mol. The highest BCUT2D eigenvalue weighted by molar-refractivity contribution is 7.08. The Morgan fingerprint density at radius 1 is 1.57 bits per heavy atom. The van der Waals surface area contributed by atoms with Gasteiger partial charge in [0.2, 0.25) is 0 Å². The van der Waals surface area contributed by atoms with E-state index < -0.39 is 0 Å². The molecule has 1 heterocycles. The van der Waals surface area contributed by atoms with Crippen molar-refractivity contribution in [1.29, 1.82) is 0 Å². The lowest BCUT2D eigenvalue weighted by molar-refractivity contribution is -0.142. The van der Waals surface area contributed by atoms with Gasteiger partial charge in [0, 0.05) is 6.54 Å². The monoisotopic (exact) mass is 213 g/mol. The van der Waals surface area contributed by atoms with Crippen LogP contribution in [0.3, 0.4) is 0 Å². The maximum absolute atomic E-state index is 11.0. The number of carbonyl (C=O) groups excluding carboxylic acids is 1. The lowest BCUT2D eigenvalue weighted by Gasteiger charge is -2.03. The molecule has 1 N–H and O–H groups in total. The van der Waals surface area contributed by atoms with Crippen LogP contribution in [0.15, 0.2) is 10.8 Å². The minimum absolute atomic E-state index is 0.194. The average Bonchev–Trinajstić information content (AvgIpc) is 2.52. The van der Waals surface area contributed by atoms with Crippen molar-refractivity contribution in [3.05, 3.63) is 21.9 Å². The van der Waals surface area contributed by atoms with Crippen LogP contribution in [0.5, 0.6) is 0 Å². The van der Waals surface area contributed by atoms with Crippen molar-refractivity contribution in [2.24, 2.45) is 0 Å². The molecule has 1 rings (SSSR count). The van der Waals surface area contributed by atoms with Crippen molar-refractivity contribution in [3.8, 4) is 0 Å². The van der Waals surface area contributed by atoms with Crippen LogP contribution < -0.4 is 5.32 Å². The summed E-state index contributed by atoms with van der Waals surface area (Å²) in [7, 11) is 0. The van der Waals surface area contributed by atoms with E-state index in [0.29, 0.717) is 6.61 Å². The van der Waals surface area contributed by atoms with Crippen LogP contribution in [0.25, 0.3) is 0 Å². The Hall–Kier alpha value is -0.870. The minimum Gasteiger partial charge on any atom is -0.465 e. The van der Waals surface area contributed by atoms with E-state index in [1.165, 1.54) is 11.1 Å². The molecule has 3 nitrogen and oxygen atoms in total. The standard InChI is InChI=1S/C10H15NO2S/c1-3-13-10(12)5-11-4-9-7-14-6-8(9)2/h6-7,11H,3-5H2,1-2H3. The first kappa shape index (κ1) is 11.2. The van der Waals surface area contributed by atoms with Crippen LogP contribution in [0.2, 0.25) is 0 Å². The van der Waals surface area contributed by atoms with Crippen LogP contribution in [0.4, 0.5) is 0 Å². The highest BCUT2D eigenvalue weighted by Crippen LogP contribution is 2.12. The smallest absolute Gasteiger partial charge is 0.319 e. The van der Waals surface area contributed by atoms with Gasteiger partial charge < -0.3 is 10.1 Å². The molecule has 0 unspecified atom stereocenters. The second-order valence-corrected chi connectivity index (χ2v) is 3.73. The lowest BCUT2D eigenvalue weighted by atomic mass is 10.2. The number of aryl methyl sites for hydroxylation is 1. The molecule has 14 heavy (non-hydrogen) atoms. The normalized spacial score (nSPS) is 10.1. The van der Waals surface area contributed by atoms with Gasteiger partial charge in [0.25, 0.3) is 0 Å². The summed E-state index contributed by atoms with van der Waals surface area (Å²) in [5.74, 6) is -0.194. The van der Waals surface area contributed by atoms with Gasteiger partial charge in [0.15, 0.2) is 0 Å². The Labute approximate surface area is 88.1 Å². The van der Waals surface area contributed by atoms with E-state index in [0.717, 1.165) is 6.54 Å². The first-order valence-electron chi connectivity index (χ1n) is 4.62. The van der Waals surface area contributed by atoms with Gasteiger partial charge in [0.1, 0.15) is 0 Å². The summed E-state index contributed by atoms with van der Waals surface area (Å²) in [5, 5.41) is 7.23. The van der Waals surface area contributed by atoms with Crippen molar-refractivity contribution >= 4 is 17.3 Å². The van der Waals surface area contributed by atoms with Crippen molar-refractivity contribution in [2.75, 3.05) is 13.2 Å². The maximum Gasteiger partial charge on any atom is 0.319 e. The van der Waals surface area contributed by atoms with Crippen molar-refractivity contribution in [1.82, 2.24) is 5.32 Å². The maximum atomic E-state index is 11.0. The summed E-state index contributed by atoms with van der Waals surface area (Å²) >= 11 is 1.68. The molecule has 0 aromatic carbocycles. The van der Waals surface area contributed by atoms with Gasteiger partial charge in [-0.25, -0.2) is 0 Å². The van der Waals surface area contributed by atoms with Gasteiger partial charge in [-0.05, 0) is 35.7 Å². The van der Waals surface area contributed by atoms with Crippen molar-refractivity contribution in [3.63, 3.8) is 0 Å². The molecule has 4 heteroatoms. The van der Waals surface area contributed by atoms with Crippen LogP contribution in [-0.4, -0.2) is 19.1 Å². The number of esters is 1. The predicted molar refractivity (Wildman–Crippen MR) is 57.4 cm³/mol. The van der Waals surface area contributed by atoms with E-state index in [1.54, 1.807) is 18.3 Å². The first-order chi connectivity index (χ1) is 6.74. The fourth-order valence-electron chi connectivity index (χ4n) is 1.08. The minimum atomic E-state index is -0.194. The summed E-state index contributed by atoms with van der Waals surface area (Å²) in [6.07, 6.45) is 0. The quantitative estimate of drug-likeness (QED) is 0.757. The zero-order valence-corrected chi connectivity index (χ0v) is 9.32. The molecule has 0 aliphatic heterocycles. The largest absolute Gasteiger partial charge is 0.465 e. The van der Waals surface area contributed by atoms with Gasteiger partial charge in [0.05, 0.1) is 13.2 Å². The van der Waals surface area contributed by atoms with Gasteiger partial charge in [-0.3, -0.25) is 4.79 Å². The number of rotatable bonds is 5. The summed E-state index contributed by atoms with van der Waals surface area (Å²) in [6.45, 7) is 5.33. The number of nitrogens with one attached hydrogen (secondary N) is 1. The number of hydrogen-bond donors (Lipinski definition) is 1. The molecule has 0 radical (unpaired) electrons. The molecule has 0 aliphatic carbocycles. The van der Waals surface area contributed by atoms with E-state index in [1.807, 2.05) is 0 Å². The Morgan fingerprint density at radius 3 is 2.93 bits per heavy atom. The zero-order valence-electron chi connectivity index (χ0n) is 8.50. The molecule has 0 bridgehead atoms. The first-order valence-corrected chi connectivity index (χ1v) is 5.56. The number of ether oxygens (including phenoxy) is 1. The van der Waals surface area contributed by atoms with Gasteiger partial charge in [-0.15, -0.1) is 0 Å². The zero-order chi connectivity index (χ0) is 10.4. The van der Waals surface area contributed by atoms with E-state index in [4.69, 9.17) is 4.74 Å². The SMILES string of the molecule is CCOC(=O)CNCc1cscc1C. The Balaban J connectivity index is 2.22. The van der Waals surface area contributed by atoms with Crippen LogP contribution in [0.1, 0.15) is 18.1 Å². The fraction of sp³-hybridized carbons (Fsp3) is 0.500. The number of carbonyl (C=O) groups is 1. The highest BCUT2D eigenvalue weighted by atomic mass is 32.1. The van der Waals surface area contributed by atoms with Crippen LogP contribution >= 0.6 is 11.3 Å². The molecule has 0 atom stereocenters. The van der Waals surface area contributed by atoms with Gasteiger partial charge >= 0.3 is 5.97 Å². The summed E-state index contributed by atoms with van der Waals surface area (Å²) < 4.78 is 4.79. The topological polar surface area (TPSA) is 38.3 Å². The van der Waals surface area contributed by atoms with E-state index >= 15 is 0 Å². The lowest BCUT2D eigenvalue weighted by Crippen LogP contribution is -2.24. The highest BCUT2D eigenvalue weighted by Gasteiger charge is 2.02. The van der Waals surface area contributed by atoms with Gasteiger partial charge in [-0.2, -0.15) is 11.3 Å². The molecule has 1 aromatic rings. The van der Waals surface area contributed by atoms with Crippen molar-refractivity contribution in [2.45, 2.75) is 20.4 Å². The molecule has 0 spiro atoms. The molecule has 0 saturated heterocycles. The summed E-state index contributed by atoms with van der Waals surface area (Å²) in [5.41, 5.74) is 2.52.